The average molecular weight is 170 g/mol. The largest absolute Gasteiger partial charge is 0.499 e. The summed E-state index contributed by atoms with van der Waals surface area (Å²) in [5.41, 5.74) is 0.213. The number of hydrogen-bond acceptors (Lipinski definition) is 3. The third kappa shape index (κ3) is 1.13. The SMILES string of the molecule is CO/C(C)=C1/NC(=O)N(C)C1=O. The van der Waals surface area contributed by atoms with Gasteiger partial charge in [-0.1, -0.05) is 0 Å². The molecule has 1 N–H and O–H groups in total. The molecule has 5 heteroatoms. The number of rotatable bonds is 1. The number of hydrogen-bond donors (Lipinski definition) is 1. The highest BCUT2D eigenvalue weighted by Gasteiger charge is 2.32. The third-order valence-corrected chi connectivity index (χ3v) is 1.71. The quantitative estimate of drug-likeness (QED) is 0.343. The van der Waals surface area contributed by atoms with Crippen LogP contribution < -0.4 is 5.32 Å². The Morgan fingerprint density at radius 1 is 1.50 bits per heavy atom. The molecule has 0 radical (unpaired) electrons. The molecule has 3 amide bonds. The number of ether oxygens (including phenoxy) is 1. The molecule has 1 aliphatic rings. The number of nitrogens with one attached hydrogen (secondary N) is 1. The highest BCUT2D eigenvalue weighted by molar-refractivity contribution is 6.11. The van der Waals surface area contributed by atoms with Gasteiger partial charge >= 0.3 is 6.03 Å². The zero-order valence-corrected chi connectivity index (χ0v) is 7.17. The van der Waals surface area contributed by atoms with Crippen molar-refractivity contribution in [2.24, 2.45) is 0 Å². The fourth-order valence-corrected chi connectivity index (χ4v) is 0.845. The molecule has 0 aromatic carbocycles. The van der Waals surface area contributed by atoms with Crippen LogP contribution in [0.25, 0.3) is 0 Å². The van der Waals surface area contributed by atoms with Crippen LogP contribution in [0.15, 0.2) is 11.5 Å². The van der Waals surface area contributed by atoms with Crippen LogP contribution in [0.1, 0.15) is 6.92 Å². The molecule has 0 aromatic rings. The maximum absolute atomic E-state index is 11.2. The standard InChI is InChI=1S/C7H10N2O3/c1-4(12-3)5-6(10)9(2)7(11)8-5/h1-3H3,(H,8,11)/b5-4+. The molecule has 0 saturated carbocycles. The maximum atomic E-state index is 11.2. The molecule has 0 aliphatic carbocycles. The van der Waals surface area contributed by atoms with Crippen molar-refractivity contribution in [1.29, 1.82) is 0 Å². The van der Waals surface area contributed by atoms with Crippen molar-refractivity contribution in [2.45, 2.75) is 6.92 Å². The van der Waals surface area contributed by atoms with E-state index in [9.17, 15) is 9.59 Å². The van der Waals surface area contributed by atoms with Gasteiger partial charge in [-0.15, -0.1) is 0 Å². The average Bonchev–Trinajstić information content (AvgIpc) is 2.32. The van der Waals surface area contributed by atoms with Gasteiger partial charge in [-0.2, -0.15) is 0 Å². The lowest BCUT2D eigenvalue weighted by Crippen LogP contribution is -2.25. The number of nitrogens with zero attached hydrogens (tertiary/aromatic N) is 1. The van der Waals surface area contributed by atoms with Gasteiger partial charge in [0.05, 0.1) is 7.11 Å². The van der Waals surface area contributed by atoms with E-state index in [1.165, 1.54) is 14.2 Å². The molecule has 0 bridgehead atoms. The number of carbonyl (C=O) groups excluding carboxylic acids is 2. The van der Waals surface area contributed by atoms with Gasteiger partial charge in [0.1, 0.15) is 11.5 Å². The molecule has 66 valence electrons. The number of imide groups is 1. The highest BCUT2D eigenvalue weighted by Crippen LogP contribution is 2.11. The van der Waals surface area contributed by atoms with Crippen LogP contribution in [0, 0.1) is 0 Å². The van der Waals surface area contributed by atoms with Gasteiger partial charge in [0.25, 0.3) is 5.91 Å². The van der Waals surface area contributed by atoms with E-state index in [1.807, 2.05) is 0 Å². The lowest BCUT2D eigenvalue weighted by atomic mass is 10.4. The second-order valence-corrected chi connectivity index (χ2v) is 2.43. The summed E-state index contributed by atoms with van der Waals surface area (Å²) in [7, 11) is 2.85. The molecule has 5 nitrogen and oxygen atoms in total. The summed E-state index contributed by atoms with van der Waals surface area (Å²) in [6.07, 6.45) is 0. The van der Waals surface area contributed by atoms with Crippen molar-refractivity contribution in [2.75, 3.05) is 14.2 Å². The maximum Gasteiger partial charge on any atom is 0.328 e. The lowest BCUT2D eigenvalue weighted by molar-refractivity contribution is -0.122. The number of carbonyl (C=O) groups is 2. The first-order chi connectivity index (χ1) is 5.57. The van der Waals surface area contributed by atoms with Crippen molar-refractivity contribution in [3.8, 4) is 0 Å². The van der Waals surface area contributed by atoms with Gasteiger partial charge in [0.15, 0.2) is 0 Å². The monoisotopic (exact) mass is 170 g/mol. The van der Waals surface area contributed by atoms with E-state index >= 15 is 0 Å². The van der Waals surface area contributed by atoms with Crippen LogP contribution in [0.4, 0.5) is 4.79 Å². The summed E-state index contributed by atoms with van der Waals surface area (Å²) in [4.78, 5) is 23.1. The zero-order valence-electron chi connectivity index (χ0n) is 7.17. The highest BCUT2D eigenvalue weighted by atomic mass is 16.5. The van der Waals surface area contributed by atoms with E-state index in [1.54, 1.807) is 6.92 Å². The predicted molar refractivity (Wildman–Crippen MR) is 41.0 cm³/mol. The summed E-state index contributed by atoms with van der Waals surface area (Å²) in [6, 6.07) is -0.425. The minimum atomic E-state index is -0.425. The molecule has 0 atom stereocenters. The van der Waals surface area contributed by atoms with E-state index in [0.29, 0.717) is 5.76 Å². The van der Waals surface area contributed by atoms with Crippen molar-refractivity contribution in [3.05, 3.63) is 11.5 Å². The number of likely N-dealkylation sites (N-methyl/N-ethyl adjacent to an activating group) is 1. The number of methoxy groups -OCH3 is 1. The smallest absolute Gasteiger partial charge is 0.328 e. The van der Waals surface area contributed by atoms with Crippen molar-refractivity contribution in [1.82, 2.24) is 10.2 Å². The zero-order chi connectivity index (χ0) is 9.30. The molecule has 0 unspecified atom stereocenters. The van der Waals surface area contributed by atoms with Crippen LogP contribution in [0.2, 0.25) is 0 Å². The summed E-state index contributed by atoms with van der Waals surface area (Å²) in [6.45, 7) is 1.62. The van der Waals surface area contributed by atoms with Crippen LogP contribution in [-0.2, 0) is 9.53 Å². The van der Waals surface area contributed by atoms with Crippen molar-refractivity contribution < 1.29 is 14.3 Å². The molecule has 1 heterocycles. The molecule has 12 heavy (non-hydrogen) atoms. The number of allylic oxidation sites excluding steroid dienone is 1. The molecule has 1 fully saturated rings. The van der Waals surface area contributed by atoms with Crippen molar-refractivity contribution in [3.63, 3.8) is 0 Å². The minimum Gasteiger partial charge on any atom is -0.499 e. The second kappa shape index (κ2) is 2.84. The Hall–Kier alpha value is -1.52. The van der Waals surface area contributed by atoms with Gasteiger partial charge in [0.2, 0.25) is 0 Å². The van der Waals surface area contributed by atoms with E-state index < -0.39 is 6.03 Å². The fourth-order valence-electron chi connectivity index (χ4n) is 0.845. The molecular weight excluding hydrogens is 160 g/mol. The third-order valence-electron chi connectivity index (χ3n) is 1.71. The van der Waals surface area contributed by atoms with Gasteiger partial charge in [0, 0.05) is 7.05 Å². The first kappa shape index (κ1) is 8.58. The molecule has 1 aliphatic heterocycles. The van der Waals surface area contributed by atoms with Crippen LogP contribution in [0.5, 0.6) is 0 Å². The molecule has 0 spiro atoms. The Kier molecular flexibility index (Phi) is 2.03. The Morgan fingerprint density at radius 3 is 2.42 bits per heavy atom. The van der Waals surface area contributed by atoms with Gasteiger partial charge in [-0.3, -0.25) is 15.0 Å². The molecular formula is C7H10N2O3. The topological polar surface area (TPSA) is 58.6 Å². The molecule has 1 saturated heterocycles. The summed E-state index contributed by atoms with van der Waals surface area (Å²) >= 11 is 0. The van der Waals surface area contributed by atoms with Gasteiger partial charge < -0.3 is 4.74 Å². The van der Waals surface area contributed by atoms with Gasteiger partial charge in [-0.05, 0) is 6.92 Å². The normalized spacial score (nSPS) is 21.1. The van der Waals surface area contributed by atoms with Gasteiger partial charge in [-0.25, -0.2) is 4.79 Å². The first-order valence-electron chi connectivity index (χ1n) is 3.42. The fraction of sp³-hybridized carbons (Fsp3) is 0.429. The molecule has 0 aromatic heterocycles. The number of amides is 3. The Bertz CT molecular complexity index is 270. The first-order valence-corrected chi connectivity index (χ1v) is 3.42. The van der Waals surface area contributed by atoms with Crippen LogP contribution >= 0.6 is 0 Å². The van der Waals surface area contributed by atoms with Crippen LogP contribution in [-0.4, -0.2) is 31.0 Å². The Labute approximate surface area is 70.0 Å². The lowest BCUT2D eigenvalue weighted by Gasteiger charge is -2.02. The van der Waals surface area contributed by atoms with E-state index in [0.717, 1.165) is 4.90 Å². The second-order valence-electron chi connectivity index (χ2n) is 2.43. The summed E-state index contributed by atoms with van der Waals surface area (Å²) < 4.78 is 4.82. The molecule has 1 rings (SSSR count). The summed E-state index contributed by atoms with van der Waals surface area (Å²) in [5, 5.41) is 2.40. The van der Waals surface area contributed by atoms with E-state index in [4.69, 9.17) is 4.74 Å². The Morgan fingerprint density at radius 2 is 2.08 bits per heavy atom. The van der Waals surface area contributed by atoms with E-state index in [2.05, 4.69) is 5.32 Å². The minimum absolute atomic E-state index is 0.213. The number of urea groups is 1. The Balaban J connectivity index is 2.99. The van der Waals surface area contributed by atoms with E-state index in [-0.39, 0.29) is 11.6 Å². The summed E-state index contributed by atoms with van der Waals surface area (Å²) in [5.74, 6) is 0.0528. The van der Waals surface area contributed by atoms with Crippen LogP contribution in [0.3, 0.4) is 0 Å². The van der Waals surface area contributed by atoms with Crippen molar-refractivity contribution >= 4 is 11.9 Å². The predicted octanol–water partition coefficient (Wildman–Crippen LogP) is 0.0459.